The fraction of sp³-hybridized carbons (Fsp3) is 0.451. The highest BCUT2D eigenvalue weighted by Crippen LogP contribution is 2.32. The minimum absolute atomic E-state index is 0.0976. The fourth-order valence-electron chi connectivity index (χ4n) is 6.27. The smallest absolute Gasteiger partial charge is 0.333 e. The van der Waals surface area contributed by atoms with Crippen LogP contribution in [0.25, 0.3) is 11.1 Å². The van der Waals surface area contributed by atoms with E-state index in [-0.39, 0.29) is 24.4 Å². The van der Waals surface area contributed by atoms with E-state index in [0.29, 0.717) is 30.9 Å². The summed E-state index contributed by atoms with van der Waals surface area (Å²) in [7, 11) is 0. The number of esters is 4. The van der Waals surface area contributed by atoms with Crippen molar-refractivity contribution in [3.63, 3.8) is 0 Å². The molecule has 0 heterocycles. The number of hydrogen-bond acceptors (Lipinski definition) is 12. The molecule has 0 aliphatic carbocycles. The zero-order chi connectivity index (χ0) is 46.2. The van der Waals surface area contributed by atoms with Crippen molar-refractivity contribution in [2.75, 3.05) is 33.0 Å². The Hall–Kier alpha value is -6.04. The largest absolute Gasteiger partial charge is 0.492 e. The molecule has 0 aliphatic heterocycles. The third kappa shape index (κ3) is 19.7. The third-order valence-electron chi connectivity index (χ3n) is 9.92. The van der Waals surface area contributed by atoms with Crippen LogP contribution in [0.15, 0.2) is 91.0 Å². The third-order valence-corrected chi connectivity index (χ3v) is 9.92. The van der Waals surface area contributed by atoms with Gasteiger partial charge in [-0.15, -0.1) is 0 Å². The first-order valence-corrected chi connectivity index (χ1v) is 21.6. The molecule has 0 aliphatic rings. The summed E-state index contributed by atoms with van der Waals surface area (Å²) in [6.45, 7) is 13.8. The molecule has 0 radical (unpaired) electrons. The first kappa shape index (κ1) is 51.3. The highest BCUT2D eigenvalue weighted by molar-refractivity contribution is 5.94. The van der Waals surface area contributed by atoms with Crippen molar-refractivity contribution in [2.24, 2.45) is 5.41 Å². The van der Waals surface area contributed by atoms with Crippen LogP contribution >= 0.6 is 0 Å². The lowest BCUT2D eigenvalue weighted by Gasteiger charge is -2.32. The molecule has 63 heavy (non-hydrogen) atoms. The SMILES string of the molecule is C=C(C)C(=O)OCCCc1cc(-c2ccc(OCc3ccc(CCCCCCCC)cc3)cc2)ccc1OCC(COC(=O)CC(C)=O)(COC(=O)CC(C)=O)COC(=O)C(=C)C. The van der Waals surface area contributed by atoms with Crippen molar-refractivity contribution in [3.05, 3.63) is 108 Å². The maximum absolute atomic E-state index is 12.6. The summed E-state index contributed by atoms with van der Waals surface area (Å²) in [6.07, 6.45) is 8.55. The number of unbranched alkanes of at least 4 members (excludes halogenated alkanes) is 5. The van der Waals surface area contributed by atoms with Crippen LogP contribution in [0.4, 0.5) is 0 Å². The molecule has 0 saturated heterocycles. The number of ketones is 2. The maximum atomic E-state index is 12.6. The normalized spacial score (nSPS) is 10.9. The van der Waals surface area contributed by atoms with E-state index in [1.807, 2.05) is 36.4 Å². The molecule has 0 atom stereocenters. The van der Waals surface area contributed by atoms with Crippen molar-refractivity contribution >= 4 is 35.4 Å². The zero-order valence-electron chi connectivity index (χ0n) is 37.7. The van der Waals surface area contributed by atoms with Crippen LogP contribution in [-0.2, 0) is 67.2 Å². The molecule has 12 heteroatoms. The van der Waals surface area contributed by atoms with Gasteiger partial charge >= 0.3 is 23.9 Å². The molecule has 0 N–H and O–H groups in total. The van der Waals surface area contributed by atoms with Crippen LogP contribution in [-0.4, -0.2) is 68.5 Å². The number of carbonyl (C=O) groups is 6. The van der Waals surface area contributed by atoms with Gasteiger partial charge in [-0.25, -0.2) is 9.59 Å². The van der Waals surface area contributed by atoms with Gasteiger partial charge in [0.25, 0.3) is 0 Å². The summed E-state index contributed by atoms with van der Waals surface area (Å²) in [5.41, 5.74) is 3.81. The van der Waals surface area contributed by atoms with Crippen molar-refractivity contribution in [3.8, 4) is 22.6 Å². The lowest BCUT2D eigenvalue weighted by Crippen LogP contribution is -2.44. The van der Waals surface area contributed by atoms with Gasteiger partial charge in [0.1, 0.15) is 74.4 Å². The van der Waals surface area contributed by atoms with Gasteiger partial charge in [0.15, 0.2) is 0 Å². The lowest BCUT2D eigenvalue weighted by molar-refractivity contribution is -0.163. The first-order valence-electron chi connectivity index (χ1n) is 21.6. The molecule has 0 amide bonds. The molecule has 3 aromatic rings. The van der Waals surface area contributed by atoms with Crippen LogP contribution in [0.5, 0.6) is 11.5 Å². The van der Waals surface area contributed by atoms with Crippen molar-refractivity contribution in [1.82, 2.24) is 0 Å². The number of hydrogen-bond donors (Lipinski definition) is 0. The number of ether oxygens (including phenoxy) is 6. The van der Waals surface area contributed by atoms with Gasteiger partial charge in [-0.1, -0.05) is 94.7 Å². The van der Waals surface area contributed by atoms with Gasteiger partial charge in [-0.3, -0.25) is 19.2 Å². The average Bonchev–Trinajstić information content (AvgIpc) is 3.25. The van der Waals surface area contributed by atoms with Gasteiger partial charge in [-0.2, -0.15) is 0 Å². The summed E-state index contributed by atoms with van der Waals surface area (Å²) in [4.78, 5) is 73.1. The van der Waals surface area contributed by atoms with Crippen LogP contribution in [0.2, 0.25) is 0 Å². The highest BCUT2D eigenvalue weighted by Gasteiger charge is 2.38. The second-order valence-electron chi connectivity index (χ2n) is 16.2. The fourth-order valence-corrected chi connectivity index (χ4v) is 6.27. The van der Waals surface area contributed by atoms with Crippen LogP contribution in [0.1, 0.15) is 109 Å². The highest BCUT2D eigenvalue weighted by atomic mass is 16.6. The van der Waals surface area contributed by atoms with Crippen LogP contribution in [0, 0.1) is 5.41 Å². The van der Waals surface area contributed by atoms with E-state index in [0.717, 1.165) is 28.7 Å². The number of benzene rings is 3. The first-order chi connectivity index (χ1) is 30.1. The van der Waals surface area contributed by atoms with E-state index in [1.54, 1.807) is 13.0 Å². The second-order valence-corrected chi connectivity index (χ2v) is 16.2. The van der Waals surface area contributed by atoms with Crippen molar-refractivity contribution in [1.29, 1.82) is 0 Å². The monoisotopic (exact) mass is 868 g/mol. The molecule has 3 aromatic carbocycles. The number of Topliss-reactive ketones (excluding diaryl/α,β-unsaturated/α-hetero) is 2. The Labute approximate surface area is 372 Å². The lowest BCUT2D eigenvalue weighted by atomic mass is 9.91. The van der Waals surface area contributed by atoms with Gasteiger partial charge in [0.05, 0.1) is 6.61 Å². The second kappa shape index (κ2) is 27.1. The van der Waals surface area contributed by atoms with Crippen molar-refractivity contribution in [2.45, 2.75) is 112 Å². The van der Waals surface area contributed by atoms with Crippen LogP contribution < -0.4 is 9.47 Å². The Morgan fingerprint density at radius 3 is 1.67 bits per heavy atom. The molecule has 0 spiro atoms. The molecule has 0 saturated carbocycles. The summed E-state index contributed by atoms with van der Waals surface area (Å²) >= 11 is 0. The predicted octanol–water partition coefficient (Wildman–Crippen LogP) is 9.42. The summed E-state index contributed by atoms with van der Waals surface area (Å²) in [5.74, 6) is -2.67. The van der Waals surface area contributed by atoms with Gasteiger partial charge in [-0.05, 0) is 105 Å². The molecule has 12 nitrogen and oxygen atoms in total. The van der Waals surface area contributed by atoms with Crippen molar-refractivity contribution < 1.29 is 57.2 Å². The Balaban J connectivity index is 1.84. The van der Waals surface area contributed by atoms with Crippen LogP contribution in [0.3, 0.4) is 0 Å². The topological polar surface area (TPSA) is 158 Å². The minimum atomic E-state index is -1.48. The van der Waals surface area contributed by atoms with Gasteiger partial charge < -0.3 is 28.4 Å². The molecule has 340 valence electrons. The Morgan fingerprint density at radius 2 is 1.08 bits per heavy atom. The summed E-state index contributed by atoms with van der Waals surface area (Å²) in [6, 6.07) is 21.9. The van der Waals surface area contributed by atoms with E-state index < -0.39 is 73.5 Å². The quantitative estimate of drug-likeness (QED) is 0.0206. The molecule has 3 rings (SSSR count). The maximum Gasteiger partial charge on any atom is 0.333 e. The van der Waals surface area contributed by atoms with Gasteiger partial charge in [0.2, 0.25) is 0 Å². The van der Waals surface area contributed by atoms with E-state index >= 15 is 0 Å². The average molecular weight is 869 g/mol. The van der Waals surface area contributed by atoms with E-state index in [9.17, 15) is 28.8 Å². The Morgan fingerprint density at radius 1 is 0.540 bits per heavy atom. The molecule has 0 unspecified atom stereocenters. The number of carbonyl (C=O) groups excluding carboxylic acids is 6. The number of rotatable bonds is 30. The Bertz CT molecular complexity index is 1980. The van der Waals surface area contributed by atoms with E-state index in [1.165, 1.54) is 64.9 Å². The predicted molar refractivity (Wildman–Crippen MR) is 240 cm³/mol. The summed E-state index contributed by atoms with van der Waals surface area (Å²) in [5, 5.41) is 0. The van der Waals surface area contributed by atoms with E-state index in [4.69, 9.17) is 28.4 Å². The Kier molecular flexibility index (Phi) is 22.1. The zero-order valence-corrected chi connectivity index (χ0v) is 37.7. The molecule has 0 bridgehead atoms. The summed E-state index contributed by atoms with van der Waals surface area (Å²) < 4.78 is 34.2. The standard InChI is InChI=1S/C51H64O12/c1-8-9-10-11-12-13-15-40-17-19-41(20-18-40)31-59-45-24-21-42(22-25-45)43-23-26-46(44(30-43)16-14-27-58-49(56)36(2)3)60-32-51(35-63-50(57)37(4)5,33-61-47(54)28-38(6)52)34-62-48(55)29-39(7)53/h17-26,30H,2,4,8-16,27-29,31-35H2,1,3,5-7H3. The van der Waals surface area contributed by atoms with Gasteiger partial charge in [0, 0.05) is 11.1 Å². The molecule has 0 aromatic heterocycles. The minimum Gasteiger partial charge on any atom is -0.492 e. The molecular formula is C51H64O12. The molecular weight excluding hydrogens is 805 g/mol. The number of aryl methyl sites for hydroxylation is 2. The molecule has 0 fully saturated rings. The van der Waals surface area contributed by atoms with E-state index in [2.05, 4.69) is 44.3 Å².